The van der Waals surface area contributed by atoms with Crippen molar-refractivity contribution in [1.29, 1.82) is 0 Å². The summed E-state index contributed by atoms with van der Waals surface area (Å²) in [6.45, 7) is 4.04. The van der Waals surface area contributed by atoms with E-state index in [1.54, 1.807) is 12.1 Å². The number of hydrogen-bond acceptors (Lipinski definition) is 2. The van der Waals surface area contributed by atoms with Crippen LogP contribution in [-0.4, -0.2) is 17.2 Å². The number of ether oxygens (including phenoxy) is 1. The zero-order valence-electron chi connectivity index (χ0n) is 9.67. The molecular weight excluding hydrogens is 352 g/mol. The fourth-order valence-electron chi connectivity index (χ4n) is 1.29. The van der Waals surface area contributed by atoms with E-state index in [4.69, 9.17) is 9.84 Å². The maximum Gasteiger partial charge on any atom is 0.307 e. The van der Waals surface area contributed by atoms with Crippen LogP contribution in [0.5, 0.6) is 5.75 Å². The summed E-state index contributed by atoms with van der Waals surface area (Å²) >= 11 is 6.80. The Bertz CT molecular complexity index is 395. The Balaban J connectivity index is 2.97. The number of carbonyl (C=O) groups is 1. The van der Waals surface area contributed by atoms with Crippen LogP contribution in [0.2, 0.25) is 0 Å². The van der Waals surface area contributed by atoms with Crippen LogP contribution in [0, 0.1) is 0 Å². The van der Waals surface area contributed by atoms with Gasteiger partial charge in [0.15, 0.2) is 0 Å². The smallest absolute Gasteiger partial charge is 0.307 e. The Kier molecular flexibility index (Phi) is 5.46. The van der Waals surface area contributed by atoms with Gasteiger partial charge in [0.25, 0.3) is 0 Å². The van der Waals surface area contributed by atoms with Crippen LogP contribution in [0.15, 0.2) is 21.1 Å². The normalized spacial score (nSPS) is 12.2. The van der Waals surface area contributed by atoms with Crippen LogP contribution in [0.25, 0.3) is 0 Å². The number of hydrogen-bond donors (Lipinski definition) is 1. The number of carboxylic acids is 1. The molecule has 0 aliphatic heterocycles. The van der Waals surface area contributed by atoms with Crippen LogP contribution in [0.4, 0.5) is 0 Å². The minimum Gasteiger partial charge on any atom is -0.488 e. The molecule has 17 heavy (non-hydrogen) atoms. The molecule has 5 heteroatoms. The molecule has 0 amide bonds. The quantitative estimate of drug-likeness (QED) is 0.857. The van der Waals surface area contributed by atoms with Crippen LogP contribution in [0.1, 0.15) is 25.8 Å². The molecule has 0 spiro atoms. The number of halogens is 2. The van der Waals surface area contributed by atoms with Crippen molar-refractivity contribution < 1.29 is 14.6 Å². The molecule has 0 aliphatic rings. The predicted octanol–water partition coefficient (Wildman–Crippen LogP) is 4.02. The summed E-state index contributed by atoms with van der Waals surface area (Å²) in [6, 6.07) is 3.55. The zero-order chi connectivity index (χ0) is 13.0. The molecular formula is C12H14Br2O3. The average molecular weight is 366 g/mol. The highest BCUT2D eigenvalue weighted by Crippen LogP contribution is 2.35. The Morgan fingerprint density at radius 2 is 1.94 bits per heavy atom. The largest absolute Gasteiger partial charge is 0.488 e. The monoisotopic (exact) mass is 364 g/mol. The summed E-state index contributed by atoms with van der Waals surface area (Å²) in [7, 11) is 0. The second-order valence-corrected chi connectivity index (χ2v) is 5.50. The van der Waals surface area contributed by atoms with E-state index in [1.165, 1.54) is 0 Å². The standard InChI is InChI=1S/C12H14Br2O3/c1-3-7(2)17-12-9(13)4-8(5-10(12)14)6-11(15)16/h4-5,7H,3,6H2,1-2H3,(H,15,16). The van der Waals surface area contributed by atoms with Gasteiger partial charge in [0, 0.05) is 0 Å². The van der Waals surface area contributed by atoms with Crippen molar-refractivity contribution in [3.05, 3.63) is 26.6 Å². The molecule has 1 atom stereocenters. The molecule has 1 unspecified atom stereocenters. The molecule has 1 N–H and O–H groups in total. The van der Waals surface area contributed by atoms with Crippen LogP contribution < -0.4 is 4.74 Å². The van der Waals surface area contributed by atoms with E-state index in [-0.39, 0.29) is 12.5 Å². The molecule has 3 nitrogen and oxygen atoms in total. The Hall–Kier alpha value is -0.550. The lowest BCUT2D eigenvalue weighted by Crippen LogP contribution is -2.11. The first-order chi connectivity index (χ1) is 7.93. The minimum absolute atomic E-state index is 0.000805. The van der Waals surface area contributed by atoms with Gasteiger partial charge in [-0.25, -0.2) is 0 Å². The van der Waals surface area contributed by atoms with Gasteiger partial charge in [-0.1, -0.05) is 6.92 Å². The van der Waals surface area contributed by atoms with Gasteiger partial charge in [-0.3, -0.25) is 4.79 Å². The van der Waals surface area contributed by atoms with E-state index in [1.807, 2.05) is 13.8 Å². The first-order valence-electron chi connectivity index (χ1n) is 5.30. The number of rotatable bonds is 5. The molecule has 0 fully saturated rings. The summed E-state index contributed by atoms with van der Waals surface area (Å²) < 4.78 is 7.28. The third kappa shape index (κ3) is 4.32. The van der Waals surface area contributed by atoms with E-state index >= 15 is 0 Å². The van der Waals surface area contributed by atoms with E-state index in [9.17, 15) is 4.79 Å². The molecule has 0 heterocycles. The molecule has 1 rings (SSSR count). The van der Waals surface area contributed by atoms with Crippen molar-refractivity contribution >= 4 is 37.8 Å². The van der Waals surface area contributed by atoms with Gasteiger partial charge in [0.2, 0.25) is 0 Å². The van der Waals surface area contributed by atoms with E-state index < -0.39 is 5.97 Å². The first-order valence-corrected chi connectivity index (χ1v) is 6.89. The molecule has 0 saturated carbocycles. The zero-order valence-corrected chi connectivity index (χ0v) is 12.8. The van der Waals surface area contributed by atoms with Crippen molar-refractivity contribution in [1.82, 2.24) is 0 Å². The van der Waals surface area contributed by atoms with E-state index in [0.717, 1.165) is 20.9 Å². The second-order valence-electron chi connectivity index (χ2n) is 3.80. The Labute approximate surface area is 117 Å². The SMILES string of the molecule is CCC(C)Oc1c(Br)cc(CC(=O)O)cc1Br. The number of aliphatic carboxylic acids is 1. The maximum atomic E-state index is 10.6. The van der Waals surface area contributed by atoms with Crippen LogP contribution in [-0.2, 0) is 11.2 Å². The van der Waals surface area contributed by atoms with Crippen LogP contribution >= 0.6 is 31.9 Å². The van der Waals surface area contributed by atoms with Gasteiger partial charge in [-0.05, 0) is 62.9 Å². The van der Waals surface area contributed by atoms with Gasteiger partial charge < -0.3 is 9.84 Å². The predicted molar refractivity (Wildman–Crippen MR) is 73.6 cm³/mol. The molecule has 0 saturated heterocycles. The van der Waals surface area contributed by atoms with Gasteiger partial charge in [0.1, 0.15) is 5.75 Å². The molecule has 0 aliphatic carbocycles. The number of benzene rings is 1. The number of carboxylic acid groups (broad SMARTS) is 1. The van der Waals surface area contributed by atoms with Gasteiger partial charge in [-0.2, -0.15) is 0 Å². The lowest BCUT2D eigenvalue weighted by atomic mass is 10.1. The molecule has 94 valence electrons. The second kappa shape index (κ2) is 6.40. The summed E-state index contributed by atoms with van der Waals surface area (Å²) in [5.74, 6) is -0.132. The Morgan fingerprint density at radius 1 is 1.41 bits per heavy atom. The fourth-order valence-corrected chi connectivity index (χ4v) is 2.75. The van der Waals surface area contributed by atoms with Crippen molar-refractivity contribution in [2.45, 2.75) is 32.8 Å². The van der Waals surface area contributed by atoms with Crippen molar-refractivity contribution in [3.63, 3.8) is 0 Å². The molecule has 1 aromatic rings. The lowest BCUT2D eigenvalue weighted by Gasteiger charge is -2.16. The summed E-state index contributed by atoms with van der Waals surface area (Å²) in [4.78, 5) is 10.6. The van der Waals surface area contributed by atoms with Gasteiger partial charge >= 0.3 is 5.97 Å². The maximum absolute atomic E-state index is 10.6. The molecule has 1 aromatic carbocycles. The fraction of sp³-hybridized carbons (Fsp3) is 0.417. The first kappa shape index (κ1) is 14.5. The highest BCUT2D eigenvalue weighted by molar-refractivity contribution is 9.11. The lowest BCUT2D eigenvalue weighted by molar-refractivity contribution is -0.136. The highest BCUT2D eigenvalue weighted by Gasteiger charge is 2.12. The molecule has 0 radical (unpaired) electrons. The average Bonchev–Trinajstić information content (AvgIpc) is 2.22. The molecule has 0 aromatic heterocycles. The third-order valence-corrected chi connectivity index (χ3v) is 3.49. The van der Waals surface area contributed by atoms with Gasteiger partial charge in [0.05, 0.1) is 21.5 Å². The highest BCUT2D eigenvalue weighted by atomic mass is 79.9. The topological polar surface area (TPSA) is 46.5 Å². The summed E-state index contributed by atoms with van der Waals surface area (Å²) in [5, 5.41) is 8.74. The third-order valence-electron chi connectivity index (χ3n) is 2.31. The molecule has 0 bridgehead atoms. The summed E-state index contributed by atoms with van der Waals surface area (Å²) in [5.41, 5.74) is 0.729. The van der Waals surface area contributed by atoms with Crippen LogP contribution in [0.3, 0.4) is 0 Å². The Morgan fingerprint density at radius 3 is 2.35 bits per heavy atom. The summed E-state index contributed by atoms with van der Waals surface area (Å²) in [6.07, 6.45) is 1.03. The van der Waals surface area contributed by atoms with Gasteiger partial charge in [-0.15, -0.1) is 0 Å². The van der Waals surface area contributed by atoms with Crippen molar-refractivity contribution in [3.8, 4) is 5.75 Å². The van der Waals surface area contributed by atoms with E-state index in [0.29, 0.717) is 5.75 Å². The minimum atomic E-state index is -0.848. The van der Waals surface area contributed by atoms with E-state index in [2.05, 4.69) is 31.9 Å². The van der Waals surface area contributed by atoms with Crippen molar-refractivity contribution in [2.24, 2.45) is 0 Å². The van der Waals surface area contributed by atoms with Crippen molar-refractivity contribution in [2.75, 3.05) is 0 Å².